The smallest absolute Gasteiger partial charge is 0.198 e. The van der Waals surface area contributed by atoms with Crippen LogP contribution < -0.4 is 4.74 Å². The van der Waals surface area contributed by atoms with E-state index in [0.29, 0.717) is 23.5 Å². The Bertz CT molecular complexity index is 1180. The van der Waals surface area contributed by atoms with Crippen molar-refractivity contribution in [3.63, 3.8) is 0 Å². The Morgan fingerprint density at radius 2 is 1.58 bits per heavy atom. The van der Waals surface area contributed by atoms with Crippen LogP contribution in [0.2, 0.25) is 0 Å². The van der Waals surface area contributed by atoms with Crippen molar-refractivity contribution in [3.05, 3.63) is 64.4 Å². The molecule has 1 aliphatic rings. The van der Waals surface area contributed by atoms with Gasteiger partial charge in [0.25, 0.3) is 0 Å². The van der Waals surface area contributed by atoms with Gasteiger partial charge in [-0.05, 0) is 75.6 Å². The Morgan fingerprint density at radius 3 is 2.19 bits per heavy atom. The Hall–Kier alpha value is -3.61. The molecule has 1 N–H and O–H groups in total. The van der Waals surface area contributed by atoms with Gasteiger partial charge in [-0.3, -0.25) is 4.79 Å². The lowest BCUT2D eigenvalue weighted by Gasteiger charge is -2.40. The first-order chi connectivity index (χ1) is 14.5. The SMILES string of the molecule is CCc1ccc(Oc2ccc(C#N)c(C#N)c2)cc1C1=C(O)C(C)(C)OC(C)(C)C1=O. The molecule has 0 bridgehead atoms. The van der Waals surface area contributed by atoms with Crippen LogP contribution in [0.15, 0.2) is 42.2 Å². The van der Waals surface area contributed by atoms with E-state index in [4.69, 9.17) is 14.7 Å². The molecule has 2 aromatic rings. The monoisotopic (exact) mass is 416 g/mol. The molecule has 1 aliphatic heterocycles. The molecule has 1 heterocycles. The third-order valence-electron chi connectivity index (χ3n) is 5.29. The minimum atomic E-state index is -1.10. The molecule has 0 radical (unpaired) electrons. The van der Waals surface area contributed by atoms with Crippen LogP contribution in [0, 0.1) is 22.7 Å². The summed E-state index contributed by atoms with van der Waals surface area (Å²) in [6.45, 7) is 8.80. The van der Waals surface area contributed by atoms with Gasteiger partial charge in [0.1, 0.15) is 40.6 Å². The van der Waals surface area contributed by atoms with E-state index in [-0.39, 0.29) is 28.2 Å². The Morgan fingerprint density at radius 1 is 0.968 bits per heavy atom. The molecule has 0 aliphatic carbocycles. The van der Waals surface area contributed by atoms with Gasteiger partial charge < -0.3 is 14.6 Å². The van der Waals surface area contributed by atoms with Crippen molar-refractivity contribution in [1.82, 2.24) is 0 Å². The summed E-state index contributed by atoms with van der Waals surface area (Å²) < 4.78 is 11.8. The average Bonchev–Trinajstić information content (AvgIpc) is 2.72. The Labute approximate surface area is 182 Å². The highest BCUT2D eigenvalue weighted by molar-refractivity contribution is 6.26. The molecule has 31 heavy (non-hydrogen) atoms. The van der Waals surface area contributed by atoms with Crippen LogP contribution in [0.3, 0.4) is 0 Å². The average molecular weight is 416 g/mol. The van der Waals surface area contributed by atoms with E-state index in [2.05, 4.69) is 0 Å². The standard InChI is InChI=1S/C25H24N2O4/c1-6-15-7-9-19(30-18-10-8-16(13-26)17(11-18)14-27)12-20(15)21-22(28)24(2,3)31-25(4,5)23(21)29/h7-12,28H,6H2,1-5H3. The van der Waals surface area contributed by atoms with Crippen LogP contribution in [0.1, 0.15) is 56.9 Å². The number of rotatable bonds is 4. The highest BCUT2D eigenvalue weighted by Gasteiger charge is 2.47. The highest BCUT2D eigenvalue weighted by Crippen LogP contribution is 2.42. The highest BCUT2D eigenvalue weighted by atomic mass is 16.5. The van der Waals surface area contributed by atoms with Crippen LogP contribution in [0.4, 0.5) is 0 Å². The Kier molecular flexibility index (Phi) is 5.63. The summed E-state index contributed by atoms with van der Waals surface area (Å²) in [5, 5.41) is 29.2. The van der Waals surface area contributed by atoms with Crippen molar-refractivity contribution in [3.8, 4) is 23.6 Å². The summed E-state index contributed by atoms with van der Waals surface area (Å²) in [7, 11) is 0. The number of aliphatic hydroxyl groups excluding tert-OH is 1. The number of ketones is 1. The predicted molar refractivity (Wildman–Crippen MR) is 116 cm³/mol. The molecule has 0 saturated carbocycles. The number of hydrogen-bond donors (Lipinski definition) is 1. The van der Waals surface area contributed by atoms with Gasteiger partial charge in [0.05, 0.1) is 16.7 Å². The van der Waals surface area contributed by atoms with Crippen molar-refractivity contribution in [2.45, 2.75) is 52.2 Å². The second-order valence-corrected chi connectivity index (χ2v) is 8.38. The van der Waals surface area contributed by atoms with E-state index < -0.39 is 11.2 Å². The first-order valence-corrected chi connectivity index (χ1v) is 9.98. The van der Waals surface area contributed by atoms with Gasteiger partial charge in [-0.15, -0.1) is 0 Å². The van der Waals surface area contributed by atoms with Crippen molar-refractivity contribution >= 4 is 11.4 Å². The third-order valence-corrected chi connectivity index (χ3v) is 5.29. The van der Waals surface area contributed by atoms with Gasteiger partial charge in [-0.2, -0.15) is 10.5 Å². The second-order valence-electron chi connectivity index (χ2n) is 8.38. The van der Waals surface area contributed by atoms with E-state index in [1.54, 1.807) is 45.9 Å². The molecule has 3 rings (SSSR count). The number of carbonyl (C=O) groups is 1. The van der Waals surface area contributed by atoms with Gasteiger partial charge in [0.15, 0.2) is 5.78 Å². The molecule has 6 heteroatoms. The molecular formula is C25H24N2O4. The zero-order valence-corrected chi connectivity index (χ0v) is 18.2. The molecule has 2 aromatic carbocycles. The summed E-state index contributed by atoms with van der Waals surface area (Å²) in [4.78, 5) is 13.2. The first kappa shape index (κ1) is 22.1. The van der Waals surface area contributed by atoms with E-state index in [9.17, 15) is 15.2 Å². The summed E-state index contributed by atoms with van der Waals surface area (Å²) in [6, 6.07) is 13.9. The van der Waals surface area contributed by atoms with E-state index >= 15 is 0 Å². The molecule has 0 saturated heterocycles. The van der Waals surface area contributed by atoms with Crippen molar-refractivity contribution < 1.29 is 19.4 Å². The number of benzene rings is 2. The van der Waals surface area contributed by atoms with Crippen LogP contribution in [-0.2, 0) is 16.0 Å². The quantitative estimate of drug-likeness (QED) is 0.734. The maximum absolute atomic E-state index is 13.2. The summed E-state index contributed by atoms with van der Waals surface area (Å²) in [5.41, 5.74) is 0.0547. The van der Waals surface area contributed by atoms with Crippen molar-refractivity contribution in [1.29, 1.82) is 10.5 Å². The Balaban J connectivity index is 2.11. The molecular weight excluding hydrogens is 392 g/mol. The van der Waals surface area contributed by atoms with E-state index in [1.807, 2.05) is 25.1 Å². The third kappa shape index (κ3) is 4.03. The van der Waals surface area contributed by atoms with Gasteiger partial charge in [0, 0.05) is 0 Å². The van der Waals surface area contributed by atoms with Crippen LogP contribution >= 0.6 is 0 Å². The topological polar surface area (TPSA) is 103 Å². The number of hydrogen-bond acceptors (Lipinski definition) is 6. The molecule has 0 amide bonds. The maximum atomic E-state index is 13.2. The maximum Gasteiger partial charge on any atom is 0.198 e. The fraction of sp³-hybridized carbons (Fsp3) is 0.320. The molecule has 6 nitrogen and oxygen atoms in total. The van der Waals surface area contributed by atoms with Crippen LogP contribution in [-0.4, -0.2) is 22.1 Å². The predicted octanol–water partition coefficient (Wildman–Crippen LogP) is 5.21. The number of Topliss-reactive ketones (excluding diaryl/α,β-unsaturated/α-hetero) is 1. The summed E-state index contributed by atoms with van der Waals surface area (Å²) in [5.74, 6) is 0.411. The lowest BCUT2D eigenvalue weighted by molar-refractivity contribution is -0.158. The number of aliphatic hydroxyl groups is 1. The number of carbonyl (C=O) groups excluding carboxylic acids is 1. The van der Waals surface area contributed by atoms with Crippen LogP contribution in [0.25, 0.3) is 5.57 Å². The van der Waals surface area contributed by atoms with Gasteiger partial charge >= 0.3 is 0 Å². The molecule has 0 aromatic heterocycles. The van der Waals surface area contributed by atoms with Gasteiger partial charge in [-0.1, -0.05) is 13.0 Å². The van der Waals surface area contributed by atoms with Gasteiger partial charge in [0.2, 0.25) is 0 Å². The molecule has 0 fully saturated rings. The van der Waals surface area contributed by atoms with Crippen LogP contribution in [0.5, 0.6) is 11.5 Å². The lowest BCUT2D eigenvalue weighted by Crippen LogP contribution is -2.49. The molecule has 0 unspecified atom stereocenters. The first-order valence-electron chi connectivity index (χ1n) is 9.98. The molecule has 0 spiro atoms. The fourth-order valence-corrected chi connectivity index (χ4v) is 3.77. The lowest BCUT2D eigenvalue weighted by atomic mass is 9.81. The zero-order valence-electron chi connectivity index (χ0n) is 18.2. The van der Waals surface area contributed by atoms with E-state index in [0.717, 1.165) is 5.56 Å². The van der Waals surface area contributed by atoms with Crippen molar-refractivity contribution in [2.75, 3.05) is 0 Å². The zero-order chi connectivity index (χ0) is 23.0. The summed E-state index contributed by atoms with van der Waals surface area (Å²) in [6.07, 6.45) is 0.650. The minimum absolute atomic E-state index is 0.117. The van der Waals surface area contributed by atoms with Gasteiger partial charge in [-0.25, -0.2) is 0 Å². The second kappa shape index (κ2) is 7.91. The number of nitrogens with zero attached hydrogens (tertiary/aromatic N) is 2. The number of ether oxygens (including phenoxy) is 2. The minimum Gasteiger partial charge on any atom is -0.508 e. The number of aryl methyl sites for hydroxylation is 1. The number of nitriles is 2. The molecule has 0 atom stereocenters. The van der Waals surface area contributed by atoms with E-state index in [1.165, 1.54) is 12.1 Å². The fourth-order valence-electron chi connectivity index (χ4n) is 3.77. The largest absolute Gasteiger partial charge is 0.508 e. The summed E-state index contributed by atoms with van der Waals surface area (Å²) >= 11 is 0. The normalized spacial score (nSPS) is 17.1. The molecule has 158 valence electrons. The van der Waals surface area contributed by atoms with Crippen molar-refractivity contribution in [2.24, 2.45) is 0 Å².